The summed E-state index contributed by atoms with van der Waals surface area (Å²) in [4.78, 5) is 45.2. The van der Waals surface area contributed by atoms with Gasteiger partial charge in [0.25, 0.3) is 0 Å². The van der Waals surface area contributed by atoms with Crippen molar-refractivity contribution in [3.63, 3.8) is 0 Å². The summed E-state index contributed by atoms with van der Waals surface area (Å²) in [5.41, 5.74) is -0.0191. The first-order chi connectivity index (χ1) is 25.2. The number of esters is 1. The number of amides is 2. The Kier molecular flexibility index (Phi) is 40.7. The van der Waals surface area contributed by atoms with Crippen LogP contribution < -0.4 is 10.6 Å². The normalized spacial score (nSPS) is 11.0. The number of methoxy groups -OCH3 is 1. The summed E-state index contributed by atoms with van der Waals surface area (Å²) >= 11 is 0. The zero-order valence-electron chi connectivity index (χ0n) is 34.4. The van der Waals surface area contributed by atoms with Crippen molar-refractivity contribution in [3.05, 3.63) is 24.0 Å². The van der Waals surface area contributed by atoms with Crippen LogP contribution in [-0.4, -0.2) is 36.0 Å². The molecule has 0 heterocycles. The molecule has 0 aromatic carbocycles. The Bertz CT molecular complexity index is 916. The highest BCUT2D eigenvalue weighted by atomic mass is 16.5. The number of hydrogen-bond acceptors (Lipinski definition) is 5. The van der Waals surface area contributed by atoms with Gasteiger partial charge in [-0.3, -0.25) is 9.59 Å². The maximum absolute atomic E-state index is 11.6. The molecule has 0 aromatic rings. The van der Waals surface area contributed by atoms with Crippen LogP contribution in [0.3, 0.4) is 0 Å². The van der Waals surface area contributed by atoms with Crippen LogP contribution in [0.25, 0.3) is 0 Å². The number of rotatable bonds is 36. The minimum atomic E-state index is -1.09. The zero-order valence-corrected chi connectivity index (χ0v) is 34.4. The van der Waals surface area contributed by atoms with E-state index in [1.165, 1.54) is 180 Å². The van der Waals surface area contributed by atoms with E-state index in [9.17, 15) is 19.2 Å². The lowest BCUT2D eigenvalue weighted by molar-refractivity contribution is -0.137. The summed E-state index contributed by atoms with van der Waals surface area (Å²) in [6.45, 7) is 9.62. The number of carbonyl (C=O) groups is 4. The fourth-order valence-electron chi connectivity index (χ4n) is 6.18. The predicted octanol–water partition coefficient (Wildman–Crippen LogP) is 12.4. The first kappa shape index (κ1) is 51.5. The quantitative estimate of drug-likeness (QED) is 0.0335. The van der Waals surface area contributed by atoms with Gasteiger partial charge in [-0.25, -0.2) is 9.59 Å². The van der Waals surface area contributed by atoms with Crippen LogP contribution in [-0.2, 0) is 23.9 Å². The molecular formula is C44H82N2O6. The van der Waals surface area contributed by atoms with Gasteiger partial charge in [-0.15, -0.1) is 0 Å². The summed E-state index contributed by atoms with van der Waals surface area (Å²) in [6.07, 6.45) is 41.2. The molecule has 0 aliphatic carbocycles. The lowest BCUT2D eigenvalue weighted by Crippen LogP contribution is -2.27. The topological polar surface area (TPSA) is 122 Å². The van der Waals surface area contributed by atoms with Crippen LogP contribution in [0.15, 0.2) is 24.0 Å². The Balaban J connectivity index is 0. The minimum Gasteiger partial charge on any atom is -0.477 e. The highest BCUT2D eigenvalue weighted by Gasteiger charge is 2.11. The lowest BCUT2D eigenvalue weighted by Gasteiger charge is -2.06. The van der Waals surface area contributed by atoms with Gasteiger partial charge < -0.3 is 20.5 Å². The number of carboxylic acid groups (broad SMARTS) is 1. The molecule has 0 saturated carbocycles. The van der Waals surface area contributed by atoms with Gasteiger partial charge in [0.1, 0.15) is 11.4 Å². The van der Waals surface area contributed by atoms with E-state index in [-0.39, 0.29) is 23.2 Å². The van der Waals surface area contributed by atoms with Crippen molar-refractivity contribution in [3.8, 4) is 0 Å². The van der Waals surface area contributed by atoms with Gasteiger partial charge in [0.2, 0.25) is 11.8 Å². The van der Waals surface area contributed by atoms with E-state index in [2.05, 4.69) is 35.8 Å². The molecule has 0 spiro atoms. The fourth-order valence-corrected chi connectivity index (χ4v) is 6.18. The van der Waals surface area contributed by atoms with Crippen molar-refractivity contribution in [1.29, 1.82) is 0 Å². The van der Waals surface area contributed by atoms with Crippen LogP contribution in [0.4, 0.5) is 0 Å². The number of nitrogens with one attached hydrogen (secondary N) is 2. The van der Waals surface area contributed by atoms with Gasteiger partial charge in [0, 0.05) is 12.8 Å². The molecule has 0 atom stereocenters. The molecule has 2 amide bonds. The zero-order chi connectivity index (χ0) is 38.9. The summed E-state index contributed by atoms with van der Waals surface area (Å²) < 4.78 is 4.49. The molecule has 0 fully saturated rings. The molecule has 0 aliphatic rings. The van der Waals surface area contributed by atoms with Crippen LogP contribution in [0, 0.1) is 0 Å². The highest BCUT2D eigenvalue weighted by Crippen LogP contribution is 2.15. The van der Waals surface area contributed by atoms with Gasteiger partial charge in [0.05, 0.1) is 7.11 Å². The number of hydrogen-bond donors (Lipinski definition) is 3. The maximum atomic E-state index is 11.6. The van der Waals surface area contributed by atoms with Gasteiger partial charge >= 0.3 is 11.9 Å². The van der Waals surface area contributed by atoms with E-state index in [1.807, 2.05) is 0 Å². The molecular weight excluding hydrogens is 652 g/mol. The van der Waals surface area contributed by atoms with Crippen molar-refractivity contribution in [1.82, 2.24) is 10.6 Å². The maximum Gasteiger partial charge on any atom is 0.353 e. The largest absolute Gasteiger partial charge is 0.477 e. The van der Waals surface area contributed by atoms with Crippen molar-refractivity contribution in [2.24, 2.45) is 0 Å². The summed E-state index contributed by atoms with van der Waals surface area (Å²) in [6, 6.07) is 0. The van der Waals surface area contributed by atoms with Crippen molar-refractivity contribution in [2.75, 3.05) is 7.11 Å². The molecule has 0 aliphatic heterocycles. The Morgan fingerprint density at radius 2 is 0.769 bits per heavy atom. The number of allylic oxidation sites excluding steroid dienone is 1. The monoisotopic (exact) mass is 735 g/mol. The number of unbranched alkanes of at least 4 members (excludes halogenated alkanes) is 28. The molecule has 0 bridgehead atoms. The third-order valence-electron chi connectivity index (χ3n) is 9.53. The molecule has 3 N–H and O–H groups in total. The minimum absolute atomic E-state index is 0.0125. The Hall–Kier alpha value is -2.64. The molecule has 0 radical (unpaired) electrons. The number of aliphatic carboxylic acids is 1. The Morgan fingerprint density at radius 3 is 1.02 bits per heavy atom. The Morgan fingerprint density at radius 1 is 0.500 bits per heavy atom. The van der Waals surface area contributed by atoms with Crippen LogP contribution >= 0.6 is 0 Å². The molecule has 8 heteroatoms. The number of carboxylic acids is 1. The summed E-state index contributed by atoms with van der Waals surface area (Å²) in [5, 5.41) is 13.8. The van der Waals surface area contributed by atoms with Gasteiger partial charge in [-0.1, -0.05) is 206 Å². The highest BCUT2D eigenvalue weighted by molar-refractivity contribution is 5.93. The smallest absolute Gasteiger partial charge is 0.353 e. The first-order valence-electron chi connectivity index (χ1n) is 21.5. The van der Waals surface area contributed by atoms with Gasteiger partial charge in [0.15, 0.2) is 0 Å². The van der Waals surface area contributed by atoms with Crippen LogP contribution in [0.2, 0.25) is 0 Å². The number of carbonyl (C=O) groups excluding carboxylic acids is 3. The molecule has 0 aromatic heterocycles. The Labute approximate surface area is 320 Å². The van der Waals surface area contributed by atoms with E-state index >= 15 is 0 Å². The predicted molar refractivity (Wildman–Crippen MR) is 218 cm³/mol. The molecule has 52 heavy (non-hydrogen) atoms. The third kappa shape index (κ3) is 38.6. The SMILES string of the molecule is C=C(NC(=O)CCCCCCCCCCCCCCCCC)C(=O)OC.CC=C(NC(=O)CCCCCCCCCCCCCCCCC)C(=O)O. The van der Waals surface area contributed by atoms with E-state index in [4.69, 9.17) is 5.11 Å². The fraction of sp³-hybridized carbons (Fsp3) is 0.818. The summed E-state index contributed by atoms with van der Waals surface area (Å²) in [5.74, 6) is -2.03. The second-order valence-electron chi connectivity index (χ2n) is 14.5. The first-order valence-corrected chi connectivity index (χ1v) is 21.5. The van der Waals surface area contributed by atoms with E-state index in [1.54, 1.807) is 6.92 Å². The molecule has 0 saturated heterocycles. The molecule has 0 rings (SSSR count). The molecule has 304 valence electrons. The summed E-state index contributed by atoms with van der Waals surface area (Å²) in [7, 11) is 1.27. The van der Waals surface area contributed by atoms with E-state index < -0.39 is 11.9 Å². The van der Waals surface area contributed by atoms with Gasteiger partial charge in [-0.05, 0) is 19.8 Å². The second kappa shape index (κ2) is 41.1. The van der Waals surface area contributed by atoms with E-state index in [0.29, 0.717) is 12.8 Å². The van der Waals surface area contributed by atoms with Crippen molar-refractivity contribution >= 4 is 23.8 Å². The van der Waals surface area contributed by atoms with Crippen molar-refractivity contribution in [2.45, 2.75) is 226 Å². The van der Waals surface area contributed by atoms with Crippen molar-refractivity contribution < 1.29 is 29.0 Å². The standard InChI is InChI=1S/2C22H41NO3/c1-4-5-6-7-8-9-10-11-12-13-14-15-16-17-18-19-21(24)23-20(2)22(25)26-3;1-3-5-6-7-8-9-10-11-12-13-14-15-16-17-18-19-21(24)23-20(4-2)22(25)26/h2,4-19H2,1,3H3,(H,23,24);4H,3,5-19H2,1-2H3,(H,23,24)(H,25,26). The molecule has 8 nitrogen and oxygen atoms in total. The third-order valence-corrected chi connectivity index (χ3v) is 9.53. The lowest BCUT2D eigenvalue weighted by atomic mass is 10.0. The average molecular weight is 735 g/mol. The van der Waals surface area contributed by atoms with E-state index in [0.717, 1.165) is 25.7 Å². The van der Waals surface area contributed by atoms with Crippen LogP contribution in [0.1, 0.15) is 226 Å². The average Bonchev–Trinajstić information content (AvgIpc) is 3.13. The van der Waals surface area contributed by atoms with Crippen LogP contribution in [0.5, 0.6) is 0 Å². The molecule has 0 unspecified atom stereocenters. The number of ether oxygens (including phenoxy) is 1. The second-order valence-corrected chi connectivity index (χ2v) is 14.5. The van der Waals surface area contributed by atoms with Gasteiger partial charge in [-0.2, -0.15) is 0 Å².